The third-order valence-electron chi connectivity index (χ3n) is 3.22. The lowest BCUT2D eigenvalue weighted by Crippen LogP contribution is -2.10. The molecule has 0 amide bonds. The van der Waals surface area contributed by atoms with Gasteiger partial charge in [-0.05, 0) is 41.6 Å². The molecule has 3 aromatic rings. The molecule has 0 radical (unpaired) electrons. The van der Waals surface area contributed by atoms with Gasteiger partial charge in [-0.15, -0.1) is 11.3 Å². The van der Waals surface area contributed by atoms with Crippen LogP contribution < -0.4 is 11.1 Å². The number of nitrogens with zero attached hydrogens (tertiary/aromatic N) is 3. The number of nitrogens with two attached hydrogens (primary N) is 1. The molecule has 0 unspecified atom stereocenters. The van der Waals surface area contributed by atoms with Gasteiger partial charge in [0, 0.05) is 18.9 Å². The van der Waals surface area contributed by atoms with E-state index in [0.717, 1.165) is 23.5 Å². The number of amidine groups is 1. The van der Waals surface area contributed by atoms with Crippen LogP contribution in [0, 0.1) is 0 Å². The minimum Gasteiger partial charge on any atom is -0.383 e. The van der Waals surface area contributed by atoms with Crippen molar-refractivity contribution in [3.05, 3.63) is 70.7 Å². The Balaban J connectivity index is 1.56. The van der Waals surface area contributed by atoms with E-state index in [4.69, 9.17) is 5.73 Å². The van der Waals surface area contributed by atoms with Crippen LogP contribution in [0.15, 0.2) is 65.2 Å². The molecule has 0 saturated carbocycles. The maximum Gasteiger partial charge on any atom is 0.222 e. The average molecular weight is 323 g/mol. The van der Waals surface area contributed by atoms with Crippen LogP contribution >= 0.6 is 11.3 Å². The summed E-state index contributed by atoms with van der Waals surface area (Å²) >= 11 is 1.59. The zero-order valence-electron chi connectivity index (χ0n) is 12.5. The van der Waals surface area contributed by atoms with E-state index in [9.17, 15) is 0 Å². The average Bonchev–Trinajstić information content (AvgIpc) is 3.12. The topological polar surface area (TPSA) is 76.2 Å². The lowest BCUT2D eigenvalue weighted by molar-refractivity contribution is 0.984. The summed E-state index contributed by atoms with van der Waals surface area (Å²) in [4.78, 5) is 13.7. The summed E-state index contributed by atoms with van der Waals surface area (Å²) in [6.45, 7) is 0.782. The molecule has 0 bridgehead atoms. The van der Waals surface area contributed by atoms with Crippen molar-refractivity contribution < 1.29 is 0 Å². The second-order valence-electron chi connectivity index (χ2n) is 4.89. The summed E-state index contributed by atoms with van der Waals surface area (Å²) in [6, 6.07) is 13.8. The Kier molecular flexibility index (Phi) is 4.95. The molecule has 0 aliphatic rings. The van der Waals surface area contributed by atoms with Crippen LogP contribution in [0.25, 0.3) is 0 Å². The van der Waals surface area contributed by atoms with Crippen LogP contribution in [-0.2, 0) is 6.42 Å². The van der Waals surface area contributed by atoms with E-state index in [2.05, 4.69) is 32.4 Å². The lowest BCUT2D eigenvalue weighted by atomic mass is 10.1. The summed E-state index contributed by atoms with van der Waals surface area (Å²) < 4.78 is 0. The number of nitrogens with one attached hydrogen (secondary N) is 1. The van der Waals surface area contributed by atoms with E-state index < -0.39 is 0 Å². The molecular weight excluding hydrogens is 306 g/mol. The standard InChI is InChI=1S/C17H17N5S/c18-16(15-3-1-12-23-15)22-14-6-4-13(5-7-14)8-11-21-17-19-9-2-10-20-17/h1-7,9-10,12H,8,11H2,(H2,18,22)(H,19,20,21). The Bertz CT molecular complexity index is 751. The van der Waals surface area contributed by atoms with Gasteiger partial charge in [-0.3, -0.25) is 0 Å². The second kappa shape index (κ2) is 7.51. The van der Waals surface area contributed by atoms with Crippen molar-refractivity contribution in [3.8, 4) is 0 Å². The van der Waals surface area contributed by atoms with E-state index in [0.29, 0.717) is 11.8 Å². The van der Waals surface area contributed by atoms with Crippen molar-refractivity contribution >= 4 is 28.8 Å². The molecule has 1 aromatic carbocycles. The van der Waals surface area contributed by atoms with Crippen molar-refractivity contribution in [1.82, 2.24) is 9.97 Å². The highest BCUT2D eigenvalue weighted by Gasteiger charge is 2.00. The molecule has 3 N–H and O–H groups in total. The van der Waals surface area contributed by atoms with Crippen molar-refractivity contribution in [2.75, 3.05) is 11.9 Å². The fourth-order valence-electron chi connectivity index (χ4n) is 2.06. The molecule has 2 aromatic heterocycles. The number of hydrogen-bond acceptors (Lipinski definition) is 5. The van der Waals surface area contributed by atoms with Gasteiger partial charge in [0.25, 0.3) is 0 Å². The third kappa shape index (κ3) is 4.37. The molecular formula is C17H17N5S. The van der Waals surface area contributed by atoms with Crippen LogP contribution in [0.3, 0.4) is 0 Å². The van der Waals surface area contributed by atoms with Gasteiger partial charge in [-0.1, -0.05) is 18.2 Å². The molecule has 0 aliphatic carbocycles. The van der Waals surface area contributed by atoms with Crippen LogP contribution in [0.5, 0.6) is 0 Å². The first-order chi connectivity index (χ1) is 11.3. The van der Waals surface area contributed by atoms with Gasteiger partial charge in [0.2, 0.25) is 5.95 Å². The monoisotopic (exact) mass is 323 g/mol. The predicted octanol–water partition coefficient (Wildman–Crippen LogP) is 3.23. The highest BCUT2D eigenvalue weighted by atomic mass is 32.1. The maximum absolute atomic E-state index is 5.99. The Labute approximate surface area is 139 Å². The first-order valence-corrected chi connectivity index (χ1v) is 8.17. The van der Waals surface area contributed by atoms with Gasteiger partial charge in [0.05, 0.1) is 10.6 Å². The molecule has 23 heavy (non-hydrogen) atoms. The van der Waals surface area contributed by atoms with E-state index >= 15 is 0 Å². The Hall–Kier alpha value is -2.73. The van der Waals surface area contributed by atoms with E-state index in [1.165, 1.54) is 5.56 Å². The Morgan fingerprint density at radius 1 is 1.09 bits per heavy atom. The molecule has 5 nitrogen and oxygen atoms in total. The number of anilines is 1. The zero-order valence-corrected chi connectivity index (χ0v) is 13.3. The normalized spacial score (nSPS) is 11.4. The highest BCUT2D eigenvalue weighted by Crippen LogP contribution is 2.16. The minimum atomic E-state index is 0.552. The molecule has 0 fully saturated rings. The fourth-order valence-corrected chi connectivity index (χ4v) is 2.69. The summed E-state index contributed by atoms with van der Waals surface area (Å²) in [5, 5.41) is 5.18. The lowest BCUT2D eigenvalue weighted by Gasteiger charge is -2.05. The molecule has 0 aliphatic heterocycles. The number of rotatable bonds is 6. The van der Waals surface area contributed by atoms with Crippen molar-refractivity contribution in [2.24, 2.45) is 10.7 Å². The zero-order chi connectivity index (χ0) is 15.9. The molecule has 6 heteroatoms. The molecule has 0 atom stereocenters. The molecule has 116 valence electrons. The molecule has 0 spiro atoms. The van der Waals surface area contributed by atoms with Gasteiger partial charge < -0.3 is 11.1 Å². The smallest absolute Gasteiger partial charge is 0.222 e. The first kappa shape index (κ1) is 15.2. The van der Waals surface area contributed by atoms with Crippen LogP contribution in [0.4, 0.5) is 11.6 Å². The van der Waals surface area contributed by atoms with Gasteiger partial charge >= 0.3 is 0 Å². The van der Waals surface area contributed by atoms with Crippen LogP contribution in [0.2, 0.25) is 0 Å². The quantitative estimate of drug-likeness (QED) is 0.539. The SMILES string of the molecule is NC(=Nc1ccc(CCNc2ncccn2)cc1)c1cccs1. The number of thiophene rings is 1. The van der Waals surface area contributed by atoms with Crippen LogP contribution in [0.1, 0.15) is 10.4 Å². The number of benzene rings is 1. The Morgan fingerprint density at radius 2 is 1.87 bits per heavy atom. The van der Waals surface area contributed by atoms with Gasteiger partial charge in [0.1, 0.15) is 5.84 Å². The Morgan fingerprint density at radius 3 is 2.57 bits per heavy atom. The van der Waals surface area contributed by atoms with Gasteiger partial charge in [-0.25, -0.2) is 15.0 Å². The maximum atomic E-state index is 5.99. The number of aliphatic imine (C=N–C) groups is 1. The molecule has 3 rings (SSSR count). The summed E-state index contributed by atoms with van der Waals surface area (Å²) in [7, 11) is 0. The second-order valence-corrected chi connectivity index (χ2v) is 5.84. The minimum absolute atomic E-state index is 0.552. The predicted molar refractivity (Wildman–Crippen MR) is 95.4 cm³/mol. The number of aromatic nitrogens is 2. The van der Waals surface area contributed by atoms with Crippen molar-refractivity contribution in [2.45, 2.75) is 6.42 Å². The van der Waals surface area contributed by atoms with Crippen molar-refractivity contribution in [1.29, 1.82) is 0 Å². The largest absolute Gasteiger partial charge is 0.383 e. The van der Waals surface area contributed by atoms with Gasteiger partial charge in [-0.2, -0.15) is 0 Å². The fraction of sp³-hybridized carbons (Fsp3) is 0.118. The summed E-state index contributed by atoms with van der Waals surface area (Å²) in [5.41, 5.74) is 8.07. The third-order valence-corrected chi connectivity index (χ3v) is 4.11. The number of hydrogen-bond donors (Lipinski definition) is 2. The molecule has 0 saturated heterocycles. The van der Waals surface area contributed by atoms with E-state index in [1.807, 2.05) is 29.6 Å². The molecule has 2 heterocycles. The first-order valence-electron chi connectivity index (χ1n) is 7.29. The van der Waals surface area contributed by atoms with E-state index in [1.54, 1.807) is 29.8 Å². The van der Waals surface area contributed by atoms with E-state index in [-0.39, 0.29) is 0 Å². The van der Waals surface area contributed by atoms with Crippen LogP contribution in [-0.4, -0.2) is 22.3 Å². The summed E-state index contributed by atoms with van der Waals surface area (Å²) in [6.07, 6.45) is 4.34. The van der Waals surface area contributed by atoms with Crippen molar-refractivity contribution in [3.63, 3.8) is 0 Å². The van der Waals surface area contributed by atoms with Gasteiger partial charge in [0.15, 0.2) is 0 Å². The highest BCUT2D eigenvalue weighted by molar-refractivity contribution is 7.12. The summed E-state index contributed by atoms with van der Waals surface area (Å²) in [5.74, 6) is 1.20.